The minimum Gasteiger partial charge on any atom is -0.470 e. The van der Waals surface area contributed by atoms with Gasteiger partial charge in [-0.2, -0.15) is 13.2 Å². The number of nitrogens with one attached hydrogen (secondary N) is 1. The lowest BCUT2D eigenvalue weighted by Crippen LogP contribution is -2.22. The Morgan fingerprint density at radius 2 is 1.75 bits per heavy atom. The largest absolute Gasteiger partial charge is 0.470 e. The molecule has 0 heterocycles. The molecule has 112 valence electrons. The Morgan fingerprint density at radius 3 is 2.20 bits per heavy atom. The van der Waals surface area contributed by atoms with Gasteiger partial charge in [-0.05, 0) is 31.5 Å². The Kier molecular flexibility index (Phi) is 5.22. The van der Waals surface area contributed by atoms with Crippen molar-refractivity contribution in [2.24, 2.45) is 0 Å². The van der Waals surface area contributed by atoms with E-state index in [4.69, 9.17) is 44.9 Å². The molecule has 1 aromatic rings. The quantitative estimate of drug-likeness (QED) is 0.431. The van der Waals surface area contributed by atoms with Crippen molar-refractivity contribution >= 4 is 40.7 Å². The summed E-state index contributed by atoms with van der Waals surface area (Å²) >= 11 is 16.4. The van der Waals surface area contributed by atoms with Crippen LogP contribution in [0.4, 0.5) is 13.2 Å². The maximum absolute atomic E-state index is 12.7. The van der Waals surface area contributed by atoms with Crippen LogP contribution in [0.25, 0.3) is 0 Å². The van der Waals surface area contributed by atoms with Gasteiger partial charge >= 0.3 is 6.18 Å². The van der Waals surface area contributed by atoms with E-state index in [-0.39, 0.29) is 5.56 Å². The molecule has 0 saturated heterocycles. The third-order valence-corrected chi connectivity index (χ3v) is 2.96. The first-order valence-corrected chi connectivity index (χ1v) is 6.56. The summed E-state index contributed by atoms with van der Waals surface area (Å²) in [5.41, 5.74) is -0.120. The van der Waals surface area contributed by atoms with Gasteiger partial charge in [0.1, 0.15) is 6.10 Å². The number of halogens is 6. The first-order chi connectivity index (χ1) is 8.91. The predicted octanol–water partition coefficient (Wildman–Crippen LogP) is 5.44. The summed E-state index contributed by atoms with van der Waals surface area (Å²) in [6.45, 7) is 3.01. The molecule has 1 unspecified atom stereocenters. The molecule has 0 saturated carbocycles. The van der Waals surface area contributed by atoms with Gasteiger partial charge in [0.2, 0.25) is 5.90 Å². The van der Waals surface area contributed by atoms with Crippen LogP contribution in [-0.2, 0) is 10.9 Å². The highest BCUT2D eigenvalue weighted by Gasteiger charge is 2.33. The molecule has 2 nitrogen and oxygen atoms in total. The van der Waals surface area contributed by atoms with Crippen molar-refractivity contribution in [3.63, 3.8) is 0 Å². The molecule has 1 atom stereocenters. The van der Waals surface area contributed by atoms with E-state index in [1.54, 1.807) is 0 Å². The zero-order chi connectivity index (χ0) is 15.7. The summed E-state index contributed by atoms with van der Waals surface area (Å²) in [7, 11) is 0. The van der Waals surface area contributed by atoms with Crippen molar-refractivity contribution in [3.8, 4) is 0 Å². The van der Waals surface area contributed by atoms with Crippen LogP contribution in [0.2, 0.25) is 0 Å². The van der Waals surface area contributed by atoms with Crippen LogP contribution in [0.3, 0.4) is 0 Å². The van der Waals surface area contributed by atoms with E-state index in [0.29, 0.717) is 5.56 Å². The molecule has 1 rings (SSSR count). The van der Waals surface area contributed by atoms with Crippen LogP contribution < -0.4 is 0 Å². The van der Waals surface area contributed by atoms with Crippen LogP contribution >= 0.6 is 34.8 Å². The molecule has 20 heavy (non-hydrogen) atoms. The molecule has 0 spiro atoms. The summed E-state index contributed by atoms with van der Waals surface area (Å²) < 4.78 is 41.1. The van der Waals surface area contributed by atoms with Crippen LogP contribution in [-0.4, -0.2) is 9.69 Å². The van der Waals surface area contributed by atoms with E-state index in [2.05, 4.69) is 0 Å². The smallest absolute Gasteiger partial charge is 0.416 e. The molecule has 0 aliphatic rings. The van der Waals surface area contributed by atoms with E-state index in [1.165, 1.54) is 19.9 Å². The zero-order valence-electron chi connectivity index (χ0n) is 10.5. The minimum absolute atomic E-state index is 0.247. The molecule has 0 fully saturated rings. The van der Waals surface area contributed by atoms with Gasteiger partial charge in [-0.15, -0.1) is 0 Å². The van der Waals surface area contributed by atoms with Crippen LogP contribution in [0.15, 0.2) is 18.2 Å². The first-order valence-electron chi connectivity index (χ1n) is 5.42. The maximum atomic E-state index is 12.7. The van der Waals surface area contributed by atoms with E-state index in [0.717, 1.165) is 12.1 Å². The monoisotopic (exact) mass is 347 g/mol. The Bertz CT molecular complexity index is 512. The number of hydrogen-bond acceptors (Lipinski definition) is 2. The fourth-order valence-corrected chi connectivity index (χ4v) is 1.66. The highest BCUT2D eigenvalue weighted by molar-refractivity contribution is 6.76. The van der Waals surface area contributed by atoms with Crippen molar-refractivity contribution in [1.29, 1.82) is 5.41 Å². The molecular weight excluding hydrogens is 337 g/mol. The van der Waals surface area contributed by atoms with Gasteiger partial charge < -0.3 is 4.74 Å². The molecule has 1 N–H and O–H groups in total. The lowest BCUT2D eigenvalue weighted by molar-refractivity contribution is -0.137. The minimum atomic E-state index is -4.46. The molecule has 0 aliphatic heterocycles. The van der Waals surface area contributed by atoms with Crippen LogP contribution in [0.5, 0.6) is 0 Å². The lowest BCUT2D eigenvalue weighted by Gasteiger charge is -2.20. The number of ether oxygens (including phenoxy) is 1. The second-order valence-electron chi connectivity index (χ2n) is 4.22. The molecule has 0 aromatic heterocycles. The maximum Gasteiger partial charge on any atom is 0.416 e. The van der Waals surface area contributed by atoms with Crippen LogP contribution in [0, 0.1) is 12.3 Å². The van der Waals surface area contributed by atoms with Crippen LogP contribution in [0.1, 0.15) is 29.7 Å². The number of rotatable bonds is 2. The van der Waals surface area contributed by atoms with Gasteiger partial charge in [-0.3, -0.25) is 5.41 Å². The Morgan fingerprint density at radius 1 is 1.20 bits per heavy atom. The standard InChI is InChI=1S/C12H11Cl3F3NO/c1-6-3-8(5-9(4-6)12(16,17)18)7(2)20-10(19)11(13,14)15/h3-5,7,19H,1-2H3. The average Bonchev–Trinajstić information content (AvgIpc) is 2.25. The fourth-order valence-electron chi connectivity index (χ4n) is 1.52. The van der Waals surface area contributed by atoms with Crippen molar-refractivity contribution in [3.05, 3.63) is 34.9 Å². The summed E-state index contributed by atoms with van der Waals surface area (Å²) in [6, 6.07) is 3.49. The van der Waals surface area contributed by atoms with Crippen molar-refractivity contribution in [2.75, 3.05) is 0 Å². The molecular formula is C12H11Cl3F3NO. The zero-order valence-corrected chi connectivity index (χ0v) is 12.8. The molecule has 0 radical (unpaired) electrons. The third-order valence-electron chi connectivity index (χ3n) is 2.45. The fraction of sp³-hybridized carbons (Fsp3) is 0.417. The second kappa shape index (κ2) is 6.00. The normalized spacial score (nSPS) is 14.0. The van der Waals surface area contributed by atoms with Gasteiger partial charge in [0.05, 0.1) is 5.56 Å². The van der Waals surface area contributed by atoms with E-state index < -0.39 is 27.5 Å². The van der Waals surface area contributed by atoms with Gasteiger partial charge in [-0.25, -0.2) is 0 Å². The molecule has 0 amide bonds. The van der Waals surface area contributed by atoms with Gasteiger partial charge in [0, 0.05) is 0 Å². The lowest BCUT2D eigenvalue weighted by atomic mass is 10.0. The van der Waals surface area contributed by atoms with Gasteiger partial charge in [0.15, 0.2) is 0 Å². The summed E-state index contributed by atoms with van der Waals surface area (Å²) in [5.74, 6) is -0.648. The highest BCUT2D eigenvalue weighted by atomic mass is 35.6. The molecule has 1 aromatic carbocycles. The summed E-state index contributed by atoms with van der Waals surface area (Å²) in [5, 5.41) is 7.41. The SMILES string of the molecule is Cc1cc(C(C)OC(=N)C(Cl)(Cl)Cl)cc(C(F)(F)F)c1. The number of alkyl halides is 6. The van der Waals surface area contributed by atoms with E-state index >= 15 is 0 Å². The molecule has 8 heteroatoms. The molecule has 0 aliphatic carbocycles. The number of aryl methyl sites for hydroxylation is 1. The highest BCUT2D eigenvalue weighted by Crippen LogP contribution is 2.34. The van der Waals surface area contributed by atoms with E-state index in [1.807, 2.05) is 0 Å². The molecule has 0 bridgehead atoms. The Balaban J connectivity index is 3.02. The number of hydrogen-bond donors (Lipinski definition) is 1. The third kappa shape index (κ3) is 4.72. The van der Waals surface area contributed by atoms with E-state index in [9.17, 15) is 13.2 Å². The Hall–Kier alpha value is -0.650. The van der Waals surface area contributed by atoms with Gasteiger partial charge in [0.25, 0.3) is 3.79 Å². The second-order valence-corrected chi connectivity index (χ2v) is 6.50. The van der Waals surface area contributed by atoms with Crippen molar-refractivity contribution in [2.45, 2.75) is 29.9 Å². The summed E-state index contributed by atoms with van der Waals surface area (Å²) in [4.78, 5) is 0. The topological polar surface area (TPSA) is 33.1 Å². The van der Waals surface area contributed by atoms with Crippen molar-refractivity contribution in [1.82, 2.24) is 0 Å². The predicted molar refractivity (Wildman–Crippen MR) is 73.7 cm³/mol. The number of benzene rings is 1. The Labute approximate surface area is 129 Å². The van der Waals surface area contributed by atoms with Gasteiger partial charge in [-0.1, -0.05) is 46.4 Å². The summed E-state index contributed by atoms with van der Waals surface area (Å²) in [6.07, 6.45) is -5.30. The van der Waals surface area contributed by atoms with Crippen molar-refractivity contribution < 1.29 is 17.9 Å². The first kappa shape index (κ1) is 17.4. The average molecular weight is 349 g/mol.